The van der Waals surface area contributed by atoms with Crippen LogP contribution >= 0.6 is 15.9 Å². The molecule has 0 spiro atoms. The van der Waals surface area contributed by atoms with Gasteiger partial charge in [0.1, 0.15) is 5.82 Å². The third-order valence-electron chi connectivity index (χ3n) is 2.72. The van der Waals surface area contributed by atoms with E-state index < -0.39 is 0 Å². The summed E-state index contributed by atoms with van der Waals surface area (Å²) in [5, 5.41) is 4.63. The van der Waals surface area contributed by atoms with Crippen LogP contribution in [0.3, 0.4) is 0 Å². The average molecular weight is 310 g/mol. The second-order valence-corrected chi connectivity index (χ2v) is 4.82. The Morgan fingerprint density at radius 2 is 1.94 bits per heavy atom. The predicted octanol–water partition coefficient (Wildman–Crippen LogP) is 3.49. The second kappa shape index (κ2) is 5.48. The van der Waals surface area contributed by atoms with Gasteiger partial charge in [-0.2, -0.15) is 0 Å². The zero-order valence-electron chi connectivity index (χ0n) is 9.91. The molecule has 0 aromatic heterocycles. The van der Waals surface area contributed by atoms with Gasteiger partial charge in [-0.05, 0) is 24.4 Å². The predicted molar refractivity (Wildman–Crippen MR) is 74.6 cm³/mol. The minimum Gasteiger partial charge on any atom is -0.349 e. The molecule has 94 valence electrons. The first-order valence-corrected chi connectivity index (χ1v) is 6.79. The maximum absolute atomic E-state index is 13.6. The Balaban J connectivity index is 2.45. The van der Waals surface area contributed by atoms with Gasteiger partial charge in [0, 0.05) is 22.3 Å². The summed E-state index contributed by atoms with van der Waals surface area (Å²) in [6.45, 7) is 1.90. The summed E-state index contributed by atoms with van der Waals surface area (Å²) in [7, 11) is 0. The average Bonchev–Trinajstić information content (AvgIpc) is 2.39. The lowest BCUT2D eigenvalue weighted by Gasteiger charge is -2.12. The van der Waals surface area contributed by atoms with Crippen LogP contribution < -0.4 is 5.32 Å². The molecule has 1 N–H and O–H groups in total. The van der Waals surface area contributed by atoms with Crippen LogP contribution in [0.2, 0.25) is 0 Å². The van der Waals surface area contributed by atoms with E-state index in [-0.39, 0.29) is 17.8 Å². The van der Waals surface area contributed by atoms with Crippen molar-refractivity contribution in [2.24, 2.45) is 0 Å². The molecule has 2 nitrogen and oxygen atoms in total. The van der Waals surface area contributed by atoms with Gasteiger partial charge < -0.3 is 5.32 Å². The normalized spacial score (nSPS) is 12.4. The summed E-state index contributed by atoms with van der Waals surface area (Å²) in [4.78, 5) is 12.1. The van der Waals surface area contributed by atoms with Crippen molar-refractivity contribution >= 4 is 32.6 Å². The molecule has 0 saturated heterocycles. The van der Waals surface area contributed by atoms with E-state index in [4.69, 9.17) is 0 Å². The standard InChI is InChI=1S/C14H13BrFNO/c1-9(8-15)17-14(18)12-6-7-13(16)11-5-3-2-4-10(11)12/h2-7,9H,8H2,1H3,(H,17,18). The van der Waals surface area contributed by atoms with E-state index in [9.17, 15) is 9.18 Å². The second-order valence-electron chi connectivity index (χ2n) is 4.17. The molecule has 2 rings (SSSR count). The minimum atomic E-state index is -0.310. The Kier molecular flexibility index (Phi) is 3.97. The molecule has 0 aliphatic heterocycles. The SMILES string of the molecule is CC(CBr)NC(=O)c1ccc(F)c2ccccc12. The zero-order chi connectivity index (χ0) is 13.1. The van der Waals surface area contributed by atoms with Crippen molar-refractivity contribution in [2.75, 3.05) is 5.33 Å². The fourth-order valence-corrected chi connectivity index (χ4v) is 1.96. The molecule has 0 aliphatic carbocycles. The van der Waals surface area contributed by atoms with Crippen molar-refractivity contribution in [1.82, 2.24) is 5.32 Å². The van der Waals surface area contributed by atoms with E-state index in [2.05, 4.69) is 21.2 Å². The van der Waals surface area contributed by atoms with Crippen LogP contribution in [0.5, 0.6) is 0 Å². The number of nitrogens with one attached hydrogen (secondary N) is 1. The molecule has 1 amide bonds. The smallest absolute Gasteiger partial charge is 0.252 e. The van der Waals surface area contributed by atoms with Crippen molar-refractivity contribution in [3.8, 4) is 0 Å². The molecule has 2 aromatic rings. The molecule has 4 heteroatoms. The summed E-state index contributed by atoms with van der Waals surface area (Å²) in [5.41, 5.74) is 0.500. The third kappa shape index (κ3) is 2.53. The van der Waals surface area contributed by atoms with Crippen molar-refractivity contribution in [1.29, 1.82) is 0 Å². The molecule has 18 heavy (non-hydrogen) atoms. The Morgan fingerprint density at radius 1 is 1.28 bits per heavy atom. The van der Waals surface area contributed by atoms with Crippen LogP contribution in [0.1, 0.15) is 17.3 Å². The highest BCUT2D eigenvalue weighted by atomic mass is 79.9. The zero-order valence-corrected chi connectivity index (χ0v) is 11.5. The van der Waals surface area contributed by atoms with Crippen LogP contribution in [0.4, 0.5) is 4.39 Å². The fourth-order valence-electron chi connectivity index (χ4n) is 1.80. The summed E-state index contributed by atoms with van der Waals surface area (Å²) in [6, 6.07) is 9.87. The van der Waals surface area contributed by atoms with Crippen LogP contribution in [-0.4, -0.2) is 17.3 Å². The van der Waals surface area contributed by atoms with Crippen molar-refractivity contribution < 1.29 is 9.18 Å². The molecular weight excluding hydrogens is 297 g/mol. The van der Waals surface area contributed by atoms with Gasteiger partial charge in [0.15, 0.2) is 0 Å². The summed E-state index contributed by atoms with van der Waals surface area (Å²) >= 11 is 3.30. The number of hydrogen-bond acceptors (Lipinski definition) is 1. The largest absolute Gasteiger partial charge is 0.349 e. The Bertz CT molecular complexity index is 585. The minimum absolute atomic E-state index is 0.0290. The molecule has 2 aromatic carbocycles. The molecule has 0 bridgehead atoms. The number of alkyl halides is 1. The van der Waals surface area contributed by atoms with Crippen LogP contribution in [0, 0.1) is 5.82 Å². The Morgan fingerprint density at radius 3 is 2.61 bits per heavy atom. The van der Waals surface area contributed by atoms with E-state index in [0.29, 0.717) is 21.7 Å². The highest BCUT2D eigenvalue weighted by molar-refractivity contribution is 9.09. The topological polar surface area (TPSA) is 29.1 Å². The number of benzene rings is 2. The number of carbonyl (C=O) groups excluding carboxylic acids is 1. The first-order chi connectivity index (χ1) is 8.63. The van der Waals surface area contributed by atoms with Crippen LogP contribution in [-0.2, 0) is 0 Å². The molecule has 0 fully saturated rings. The van der Waals surface area contributed by atoms with Gasteiger partial charge >= 0.3 is 0 Å². The molecule has 0 aliphatic rings. The Labute approximate surface area is 113 Å². The monoisotopic (exact) mass is 309 g/mol. The Hall–Kier alpha value is -1.42. The van der Waals surface area contributed by atoms with E-state index >= 15 is 0 Å². The first kappa shape index (κ1) is 13.0. The highest BCUT2D eigenvalue weighted by Crippen LogP contribution is 2.21. The number of hydrogen-bond donors (Lipinski definition) is 1. The van der Waals surface area contributed by atoms with Gasteiger partial charge in [0.25, 0.3) is 5.91 Å². The number of amides is 1. The summed E-state index contributed by atoms with van der Waals surface area (Å²) in [5.74, 6) is -0.492. The quantitative estimate of drug-likeness (QED) is 0.864. The molecule has 1 unspecified atom stereocenters. The third-order valence-corrected chi connectivity index (χ3v) is 3.70. The number of fused-ring (bicyclic) bond motifs is 1. The van der Waals surface area contributed by atoms with E-state index in [1.165, 1.54) is 12.1 Å². The fraction of sp³-hybridized carbons (Fsp3) is 0.214. The molecule has 0 radical (unpaired) electrons. The van der Waals surface area contributed by atoms with Gasteiger partial charge in [-0.15, -0.1) is 0 Å². The number of halogens is 2. The number of carbonyl (C=O) groups is 1. The maximum atomic E-state index is 13.6. The number of rotatable bonds is 3. The van der Waals surface area contributed by atoms with E-state index in [1.54, 1.807) is 24.3 Å². The van der Waals surface area contributed by atoms with Gasteiger partial charge in [-0.1, -0.05) is 40.2 Å². The van der Waals surface area contributed by atoms with Gasteiger partial charge in [0.05, 0.1) is 0 Å². The molecule has 1 atom stereocenters. The summed E-state index contributed by atoms with van der Waals surface area (Å²) < 4.78 is 13.6. The molecular formula is C14H13BrFNO. The van der Waals surface area contributed by atoms with Crippen molar-refractivity contribution in [2.45, 2.75) is 13.0 Å². The summed E-state index contributed by atoms with van der Waals surface area (Å²) in [6.07, 6.45) is 0. The lowest BCUT2D eigenvalue weighted by atomic mass is 10.0. The lowest BCUT2D eigenvalue weighted by Crippen LogP contribution is -2.33. The van der Waals surface area contributed by atoms with Crippen molar-refractivity contribution in [3.05, 3.63) is 47.8 Å². The van der Waals surface area contributed by atoms with Gasteiger partial charge in [0.2, 0.25) is 0 Å². The van der Waals surface area contributed by atoms with Gasteiger partial charge in [-0.3, -0.25) is 4.79 Å². The molecule has 0 heterocycles. The lowest BCUT2D eigenvalue weighted by molar-refractivity contribution is 0.0945. The highest BCUT2D eigenvalue weighted by Gasteiger charge is 2.13. The van der Waals surface area contributed by atoms with Crippen molar-refractivity contribution in [3.63, 3.8) is 0 Å². The maximum Gasteiger partial charge on any atom is 0.252 e. The van der Waals surface area contributed by atoms with E-state index in [1.807, 2.05) is 6.92 Å². The van der Waals surface area contributed by atoms with Gasteiger partial charge in [-0.25, -0.2) is 4.39 Å². The van der Waals surface area contributed by atoms with Crippen LogP contribution in [0.15, 0.2) is 36.4 Å². The first-order valence-electron chi connectivity index (χ1n) is 5.67. The van der Waals surface area contributed by atoms with Crippen LogP contribution in [0.25, 0.3) is 10.8 Å². The van der Waals surface area contributed by atoms with E-state index in [0.717, 1.165) is 0 Å². The molecule has 0 saturated carbocycles.